The average Bonchev–Trinajstić information content (AvgIpc) is 3.60. The highest BCUT2D eigenvalue weighted by Crippen LogP contribution is 2.30. The van der Waals surface area contributed by atoms with Gasteiger partial charge in [-0.25, -0.2) is 9.97 Å². The van der Waals surface area contributed by atoms with E-state index < -0.39 is 0 Å². The zero-order valence-electron chi connectivity index (χ0n) is 19.5. The minimum absolute atomic E-state index is 0.423. The molecule has 0 aliphatic rings. The first-order chi connectivity index (χ1) is 16.7. The number of H-pyrrole nitrogens is 1. The van der Waals surface area contributed by atoms with E-state index in [2.05, 4.69) is 86.9 Å². The summed E-state index contributed by atoms with van der Waals surface area (Å²) in [5, 5.41) is 4.97. The van der Waals surface area contributed by atoms with Crippen LogP contribution in [0.4, 0.5) is 5.69 Å². The number of pyridine rings is 2. The van der Waals surface area contributed by atoms with E-state index in [4.69, 9.17) is 4.98 Å². The van der Waals surface area contributed by atoms with Gasteiger partial charge in [0.25, 0.3) is 0 Å². The molecule has 2 N–H and O–H groups in total. The molecule has 0 aliphatic heterocycles. The van der Waals surface area contributed by atoms with Crippen molar-refractivity contribution in [2.45, 2.75) is 32.6 Å². The van der Waals surface area contributed by atoms with E-state index in [0.29, 0.717) is 5.92 Å². The average molecular weight is 449 g/mol. The van der Waals surface area contributed by atoms with E-state index in [1.165, 1.54) is 22.2 Å². The summed E-state index contributed by atoms with van der Waals surface area (Å²) in [6.45, 7) is 5.30. The Labute approximate surface area is 198 Å². The Kier molecular flexibility index (Phi) is 5.06. The van der Waals surface area contributed by atoms with Crippen LogP contribution in [-0.4, -0.2) is 30.3 Å². The molecular formula is C28H28N6. The summed E-state index contributed by atoms with van der Waals surface area (Å²) >= 11 is 0. The Balaban J connectivity index is 1.39. The standard InChI is InChI=1S/C28H28N6/c1-3-19(2)25-16-32-28-24(29-12-11-20-15-30-23-9-5-4-8-22(20)23)14-21(18-34(25)28)26-17-31-27-10-6-7-13-33(26)27/h4-10,13-19,29-30H,3,11-12H2,1-2H3. The first-order valence-corrected chi connectivity index (χ1v) is 11.9. The quantitative estimate of drug-likeness (QED) is 0.301. The summed E-state index contributed by atoms with van der Waals surface area (Å²) in [6, 6.07) is 16.8. The molecular weight excluding hydrogens is 420 g/mol. The monoisotopic (exact) mass is 448 g/mol. The van der Waals surface area contributed by atoms with Crippen LogP contribution >= 0.6 is 0 Å². The second-order valence-corrected chi connectivity index (χ2v) is 8.94. The lowest BCUT2D eigenvalue weighted by atomic mass is 10.1. The molecule has 6 rings (SSSR count). The molecule has 1 atom stereocenters. The van der Waals surface area contributed by atoms with Crippen LogP contribution in [0.5, 0.6) is 0 Å². The summed E-state index contributed by atoms with van der Waals surface area (Å²) in [5.41, 5.74) is 8.86. The zero-order valence-corrected chi connectivity index (χ0v) is 19.5. The molecule has 0 saturated heterocycles. The third kappa shape index (κ3) is 3.43. The van der Waals surface area contributed by atoms with E-state index in [9.17, 15) is 0 Å². The number of nitrogens with zero attached hydrogens (tertiary/aromatic N) is 4. The second-order valence-electron chi connectivity index (χ2n) is 8.94. The Morgan fingerprint density at radius 1 is 1.03 bits per heavy atom. The van der Waals surface area contributed by atoms with Gasteiger partial charge in [0.15, 0.2) is 5.65 Å². The molecule has 6 heteroatoms. The van der Waals surface area contributed by atoms with E-state index in [-0.39, 0.29) is 0 Å². The van der Waals surface area contributed by atoms with Crippen LogP contribution in [0.2, 0.25) is 0 Å². The maximum absolute atomic E-state index is 4.81. The highest BCUT2D eigenvalue weighted by atomic mass is 15.1. The van der Waals surface area contributed by atoms with Crippen molar-refractivity contribution in [3.8, 4) is 11.3 Å². The van der Waals surface area contributed by atoms with E-state index in [1.54, 1.807) is 0 Å². The molecule has 5 heterocycles. The van der Waals surface area contributed by atoms with Crippen LogP contribution in [0, 0.1) is 0 Å². The number of aromatic nitrogens is 5. The first kappa shape index (κ1) is 20.5. The van der Waals surface area contributed by atoms with Crippen LogP contribution < -0.4 is 5.32 Å². The molecule has 1 aromatic carbocycles. The Bertz CT molecular complexity index is 1600. The predicted octanol–water partition coefficient (Wildman–Crippen LogP) is 6.30. The topological polar surface area (TPSA) is 62.4 Å². The van der Waals surface area contributed by atoms with Gasteiger partial charge in [-0.3, -0.25) is 4.40 Å². The van der Waals surface area contributed by atoms with Gasteiger partial charge in [-0.15, -0.1) is 0 Å². The zero-order chi connectivity index (χ0) is 23.1. The molecule has 0 radical (unpaired) electrons. The number of hydrogen-bond donors (Lipinski definition) is 2. The van der Waals surface area contributed by atoms with Crippen LogP contribution in [0.3, 0.4) is 0 Å². The van der Waals surface area contributed by atoms with E-state index >= 15 is 0 Å². The number of nitrogens with one attached hydrogen (secondary N) is 2. The maximum atomic E-state index is 4.81. The van der Waals surface area contributed by atoms with Crippen molar-refractivity contribution in [2.24, 2.45) is 0 Å². The van der Waals surface area contributed by atoms with Gasteiger partial charge in [0, 0.05) is 53.5 Å². The minimum atomic E-state index is 0.423. The van der Waals surface area contributed by atoms with Crippen molar-refractivity contribution in [1.29, 1.82) is 0 Å². The fourth-order valence-electron chi connectivity index (χ4n) is 4.77. The fourth-order valence-corrected chi connectivity index (χ4v) is 4.77. The Morgan fingerprint density at radius 2 is 1.91 bits per heavy atom. The van der Waals surface area contributed by atoms with Gasteiger partial charge in [-0.2, -0.15) is 0 Å². The van der Waals surface area contributed by atoms with E-state index in [0.717, 1.165) is 47.6 Å². The van der Waals surface area contributed by atoms with Crippen molar-refractivity contribution >= 4 is 27.9 Å². The molecule has 5 aromatic heterocycles. The lowest BCUT2D eigenvalue weighted by molar-refractivity contribution is 0.701. The van der Waals surface area contributed by atoms with Gasteiger partial charge < -0.3 is 14.7 Å². The van der Waals surface area contributed by atoms with Gasteiger partial charge in [0.1, 0.15) is 5.65 Å². The van der Waals surface area contributed by atoms with Gasteiger partial charge in [-0.05, 0) is 48.6 Å². The fraction of sp³-hybridized carbons (Fsp3) is 0.214. The van der Waals surface area contributed by atoms with Gasteiger partial charge in [0.05, 0.1) is 17.6 Å². The second kappa shape index (κ2) is 8.37. The molecule has 34 heavy (non-hydrogen) atoms. The molecule has 0 spiro atoms. The van der Waals surface area contributed by atoms with Gasteiger partial charge in [0.2, 0.25) is 0 Å². The van der Waals surface area contributed by atoms with Crippen LogP contribution in [0.25, 0.3) is 33.5 Å². The number of anilines is 1. The largest absolute Gasteiger partial charge is 0.382 e. The molecule has 1 unspecified atom stereocenters. The molecule has 170 valence electrons. The lowest BCUT2D eigenvalue weighted by Crippen LogP contribution is -2.07. The maximum Gasteiger partial charge on any atom is 0.160 e. The smallest absolute Gasteiger partial charge is 0.160 e. The Hall–Kier alpha value is -4.06. The third-order valence-electron chi connectivity index (χ3n) is 6.85. The predicted molar refractivity (Wildman–Crippen MR) is 139 cm³/mol. The minimum Gasteiger partial charge on any atom is -0.382 e. The summed E-state index contributed by atoms with van der Waals surface area (Å²) < 4.78 is 4.39. The number of aromatic amines is 1. The molecule has 0 saturated carbocycles. The highest BCUT2D eigenvalue weighted by Gasteiger charge is 2.16. The van der Waals surface area contributed by atoms with Crippen molar-refractivity contribution in [2.75, 3.05) is 11.9 Å². The first-order valence-electron chi connectivity index (χ1n) is 11.9. The SMILES string of the molecule is CCC(C)c1cnc2c(NCCc3c[nH]c4ccccc34)cc(-c3cnc4ccccn34)cn12. The van der Waals surface area contributed by atoms with Crippen molar-refractivity contribution in [1.82, 2.24) is 23.8 Å². The number of benzene rings is 1. The summed E-state index contributed by atoms with van der Waals surface area (Å²) in [4.78, 5) is 12.8. The van der Waals surface area contributed by atoms with Crippen molar-refractivity contribution < 1.29 is 0 Å². The van der Waals surface area contributed by atoms with Crippen LogP contribution in [0.1, 0.15) is 37.4 Å². The number of imidazole rings is 2. The molecule has 0 aliphatic carbocycles. The number of hydrogen-bond acceptors (Lipinski definition) is 3. The van der Waals surface area contributed by atoms with Crippen LogP contribution in [0.15, 0.2) is 79.5 Å². The molecule has 6 nitrogen and oxygen atoms in total. The third-order valence-corrected chi connectivity index (χ3v) is 6.85. The van der Waals surface area contributed by atoms with Gasteiger partial charge >= 0.3 is 0 Å². The van der Waals surface area contributed by atoms with Gasteiger partial charge in [-0.1, -0.05) is 38.1 Å². The van der Waals surface area contributed by atoms with Crippen molar-refractivity contribution in [3.63, 3.8) is 0 Å². The highest BCUT2D eigenvalue weighted by molar-refractivity contribution is 5.83. The van der Waals surface area contributed by atoms with E-state index in [1.807, 2.05) is 30.6 Å². The normalized spacial score (nSPS) is 12.6. The molecule has 0 amide bonds. The molecule has 0 bridgehead atoms. The Morgan fingerprint density at radius 3 is 2.82 bits per heavy atom. The van der Waals surface area contributed by atoms with Crippen molar-refractivity contribution in [3.05, 3.63) is 90.8 Å². The molecule has 6 aromatic rings. The summed E-state index contributed by atoms with van der Waals surface area (Å²) in [7, 11) is 0. The summed E-state index contributed by atoms with van der Waals surface area (Å²) in [5.74, 6) is 0.423. The number of para-hydroxylation sites is 1. The lowest BCUT2D eigenvalue weighted by Gasteiger charge is -2.14. The summed E-state index contributed by atoms with van der Waals surface area (Å²) in [6.07, 6.45) is 12.3. The molecule has 0 fully saturated rings. The van der Waals surface area contributed by atoms with Crippen LogP contribution in [-0.2, 0) is 6.42 Å². The number of rotatable bonds is 7. The number of fused-ring (bicyclic) bond motifs is 3.